The Bertz CT molecular complexity index is 698. The fourth-order valence-electron chi connectivity index (χ4n) is 6.15. The number of likely N-dealkylation sites (N-methyl/N-ethyl adjacent to an activating group) is 1. The van der Waals surface area contributed by atoms with E-state index in [1.165, 1.54) is 11.1 Å². The standard InChI is InChI=1S/C17H17NO2/c1-18-14-10-5-6-11(19)15-17(10)8-16(14,18)7-9-3-2-4-12(20-15)13(9)17/h2-6,10-11,14-15,19H,7-8H2,1H3/t10?,11-,14?,15-,16?,17?,18?/m0/s1. The zero-order chi connectivity index (χ0) is 13.3. The molecular formula is C17H17NO2. The minimum absolute atomic E-state index is 0.0372. The van der Waals surface area contributed by atoms with Crippen LogP contribution in [0.2, 0.25) is 0 Å². The first-order chi connectivity index (χ1) is 9.68. The third-order valence-electron chi connectivity index (χ3n) is 6.80. The van der Waals surface area contributed by atoms with E-state index in [9.17, 15) is 5.11 Å². The maximum absolute atomic E-state index is 10.4. The average Bonchev–Trinajstić information content (AvgIpc) is 2.78. The van der Waals surface area contributed by atoms with Crippen molar-refractivity contribution in [3.8, 4) is 5.75 Å². The summed E-state index contributed by atoms with van der Waals surface area (Å²) in [7, 11) is 2.26. The van der Waals surface area contributed by atoms with Crippen molar-refractivity contribution in [1.29, 1.82) is 0 Å². The lowest BCUT2D eigenvalue weighted by Crippen LogP contribution is -2.54. The molecule has 3 aliphatic carbocycles. The molecule has 1 saturated carbocycles. The normalized spacial score (nSPS) is 55.2. The summed E-state index contributed by atoms with van der Waals surface area (Å²) in [5.74, 6) is 1.53. The second-order valence-electron chi connectivity index (χ2n) is 7.28. The predicted molar refractivity (Wildman–Crippen MR) is 73.8 cm³/mol. The molecule has 20 heavy (non-hydrogen) atoms. The van der Waals surface area contributed by atoms with Crippen LogP contribution in [-0.2, 0) is 11.8 Å². The number of piperidine rings is 1. The monoisotopic (exact) mass is 267 g/mol. The van der Waals surface area contributed by atoms with Crippen LogP contribution in [0.15, 0.2) is 30.4 Å². The number of hydrogen-bond donors (Lipinski definition) is 1. The highest BCUT2D eigenvalue weighted by Crippen LogP contribution is 2.73. The Morgan fingerprint density at radius 1 is 1.35 bits per heavy atom. The van der Waals surface area contributed by atoms with E-state index in [4.69, 9.17) is 4.74 Å². The molecule has 2 spiro atoms. The van der Waals surface area contributed by atoms with Crippen LogP contribution in [-0.4, -0.2) is 40.8 Å². The topological polar surface area (TPSA) is 32.5 Å². The summed E-state index contributed by atoms with van der Waals surface area (Å²) < 4.78 is 6.22. The fourth-order valence-corrected chi connectivity index (χ4v) is 6.15. The molecule has 3 nitrogen and oxygen atoms in total. The summed E-state index contributed by atoms with van der Waals surface area (Å²) >= 11 is 0. The Labute approximate surface area is 117 Å². The number of ether oxygens (including phenoxy) is 1. The molecule has 5 unspecified atom stereocenters. The van der Waals surface area contributed by atoms with Crippen molar-refractivity contribution in [2.24, 2.45) is 5.92 Å². The van der Waals surface area contributed by atoms with Gasteiger partial charge in [0.15, 0.2) is 0 Å². The molecule has 1 N–H and O–H groups in total. The van der Waals surface area contributed by atoms with E-state index >= 15 is 0 Å². The number of hydrogen-bond acceptors (Lipinski definition) is 3. The minimum atomic E-state index is -0.468. The molecule has 1 aromatic carbocycles. The minimum Gasteiger partial charge on any atom is -0.486 e. The quantitative estimate of drug-likeness (QED) is 0.567. The van der Waals surface area contributed by atoms with Gasteiger partial charge >= 0.3 is 0 Å². The molecule has 0 amide bonds. The van der Waals surface area contributed by atoms with E-state index in [1.54, 1.807) is 0 Å². The molecule has 5 aliphatic rings. The number of aliphatic hydroxyl groups is 1. The Balaban J connectivity index is 1.72. The summed E-state index contributed by atoms with van der Waals surface area (Å²) in [4.78, 5) is 2.55. The maximum atomic E-state index is 10.4. The first-order valence-corrected chi connectivity index (χ1v) is 7.57. The number of aliphatic hydroxyl groups excluding tert-OH is 1. The molecule has 102 valence electrons. The summed E-state index contributed by atoms with van der Waals surface area (Å²) in [5, 5.41) is 10.4. The third-order valence-corrected chi connectivity index (χ3v) is 6.80. The number of likely N-dealkylation sites (tertiary alicyclic amines) is 1. The number of nitrogens with zero attached hydrogens (tertiary/aromatic N) is 1. The molecule has 2 aliphatic heterocycles. The van der Waals surface area contributed by atoms with Gasteiger partial charge in [-0.1, -0.05) is 24.3 Å². The lowest BCUT2D eigenvalue weighted by atomic mass is 9.61. The van der Waals surface area contributed by atoms with Crippen LogP contribution in [0, 0.1) is 5.92 Å². The highest BCUT2D eigenvalue weighted by Gasteiger charge is 2.80. The van der Waals surface area contributed by atoms with E-state index in [0.717, 1.165) is 18.6 Å². The van der Waals surface area contributed by atoms with Gasteiger partial charge in [0, 0.05) is 28.5 Å². The van der Waals surface area contributed by atoms with Crippen molar-refractivity contribution in [3.05, 3.63) is 41.5 Å². The number of fused-ring (bicyclic) bond motifs is 1. The Morgan fingerprint density at radius 3 is 3.15 bits per heavy atom. The molecule has 1 saturated heterocycles. The molecular weight excluding hydrogens is 250 g/mol. The molecule has 3 heteroatoms. The second-order valence-corrected chi connectivity index (χ2v) is 7.28. The van der Waals surface area contributed by atoms with Crippen LogP contribution in [0.4, 0.5) is 0 Å². The lowest BCUT2D eigenvalue weighted by molar-refractivity contribution is 0.00181. The Kier molecular flexibility index (Phi) is 1.41. The zero-order valence-electron chi connectivity index (χ0n) is 11.4. The van der Waals surface area contributed by atoms with Gasteiger partial charge in [0.25, 0.3) is 0 Å². The molecule has 2 fully saturated rings. The SMILES string of the molecule is CN1C2C3C=C[C@H](O)[C@@H]4Oc5cccc6c5C34CC21C6. The van der Waals surface area contributed by atoms with Crippen LogP contribution < -0.4 is 4.74 Å². The molecule has 1 aromatic rings. The second kappa shape index (κ2) is 2.70. The molecule has 7 atom stereocenters. The number of benzene rings is 1. The van der Waals surface area contributed by atoms with Gasteiger partial charge in [-0.3, -0.25) is 4.90 Å². The summed E-state index contributed by atoms with van der Waals surface area (Å²) in [5.41, 5.74) is 3.24. The predicted octanol–water partition coefficient (Wildman–Crippen LogP) is 1.24. The molecule has 0 radical (unpaired) electrons. The lowest BCUT2D eigenvalue weighted by Gasteiger charge is -2.45. The number of rotatable bonds is 0. The van der Waals surface area contributed by atoms with Gasteiger partial charge in [0.2, 0.25) is 0 Å². The first kappa shape index (κ1) is 10.4. The van der Waals surface area contributed by atoms with E-state index in [-0.39, 0.29) is 11.5 Å². The third kappa shape index (κ3) is 0.776. The van der Waals surface area contributed by atoms with Crippen LogP contribution in [0.5, 0.6) is 5.75 Å². The smallest absolute Gasteiger partial charge is 0.138 e. The summed E-state index contributed by atoms with van der Waals surface area (Å²) in [6, 6.07) is 7.09. The fraction of sp³-hybridized carbons (Fsp3) is 0.529. The van der Waals surface area contributed by atoms with Crippen molar-refractivity contribution in [3.63, 3.8) is 0 Å². The molecule has 2 heterocycles. The van der Waals surface area contributed by atoms with E-state index in [2.05, 4.69) is 36.2 Å². The highest BCUT2D eigenvalue weighted by atomic mass is 16.5. The first-order valence-electron chi connectivity index (χ1n) is 7.57. The largest absolute Gasteiger partial charge is 0.486 e. The molecule has 2 bridgehead atoms. The van der Waals surface area contributed by atoms with Crippen molar-refractivity contribution < 1.29 is 9.84 Å². The summed E-state index contributed by atoms with van der Waals surface area (Å²) in [6.07, 6.45) is 6.00. The van der Waals surface area contributed by atoms with Crippen molar-refractivity contribution in [2.75, 3.05) is 7.05 Å². The average molecular weight is 267 g/mol. The highest BCUT2D eigenvalue weighted by molar-refractivity contribution is 5.61. The van der Waals surface area contributed by atoms with Gasteiger partial charge in [-0.2, -0.15) is 0 Å². The van der Waals surface area contributed by atoms with Crippen LogP contribution >= 0.6 is 0 Å². The van der Waals surface area contributed by atoms with Crippen LogP contribution in [0.25, 0.3) is 0 Å². The van der Waals surface area contributed by atoms with E-state index in [1.807, 2.05) is 6.08 Å². The van der Waals surface area contributed by atoms with E-state index in [0.29, 0.717) is 17.5 Å². The van der Waals surface area contributed by atoms with E-state index < -0.39 is 6.10 Å². The van der Waals surface area contributed by atoms with Gasteiger partial charge in [0.1, 0.15) is 18.0 Å². The van der Waals surface area contributed by atoms with Gasteiger partial charge in [-0.15, -0.1) is 0 Å². The van der Waals surface area contributed by atoms with Crippen LogP contribution in [0.1, 0.15) is 17.5 Å². The molecule has 0 aromatic heterocycles. The summed E-state index contributed by atoms with van der Waals surface area (Å²) in [6.45, 7) is 0. The van der Waals surface area contributed by atoms with Crippen molar-refractivity contribution in [2.45, 2.75) is 42.0 Å². The van der Waals surface area contributed by atoms with Gasteiger partial charge < -0.3 is 9.84 Å². The Hall–Kier alpha value is -1.32. The van der Waals surface area contributed by atoms with Crippen LogP contribution in [0.3, 0.4) is 0 Å². The van der Waals surface area contributed by atoms with Gasteiger partial charge in [0.05, 0.1) is 0 Å². The van der Waals surface area contributed by atoms with Gasteiger partial charge in [-0.25, -0.2) is 0 Å². The van der Waals surface area contributed by atoms with Gasteiger partial charge in [-0.05, 0) is 31.5 Å². The van der Waals surface area contributed by atoms with Crippen molar-refractivity contribution >= 4 is 0 Å². The zero-order valence-corrected chi connectivity index (χ0v) is 11.4. The maximum Gasteiger partial charge on any atom is 0.138 e. The Morgan fingerprint density at radius 2 is 2.25 bits per heavy atom. The molecule has 6 rings (SSSR count). The van der Waals surface area contributed by atoms with Crippen molar-refractivity contribution in [1.82, 2.24) is 4.90 Å².